The van der Waals surface area contributed by atoms with Crippen molar-refractivity contribution in [3.05, 3.63) is 16.4 Å². The number of aliphatic hydroxyl groups is 1. The van der Waals surface area contributed by atoms with Gasteiger partial charge in [0.25, 0.3) is 0 Å². The summed E-state index contributed by atoms with van der Waals surface area (Å²) in [4.78, 5) is 12.5. The summed E-state index contributed by atoms with van der Waals surface area (Å²) in [5.74, 6) is -0.119. The Morgan fingerprint density at radius 1 is 1.35 bits per heavy atom. The van der Waals surface area contributed by atoms with Crippen molar-refractivity contribution in [3.63, 3.8) is 0 Å². The number of halogens is 1. The van der Waals surface area contributed by atoms with Gasteiger partial charge >= 0.3 is 0 Å². The number of Topliss-reactive ketones (excluding diaryl/α,β-unsaturated/α-hetero) is 1. The van der Waals surface area contributed by atoms with Crippen LogP contribution in [0.2, 0.25) is 5.02 Å². The van der Waals surface area contributed by atoms with Crippen LogP contribution in [0.25, 0.3) is 0 Å². The van der Waals surface area contributed by atoms with Gasteiger partial charge in [-0.05, 0) is 19.3 Å². The lowest BCUT2D eigenvalue weighted by Crippen LogP contribution is -2.39. The van der Waals surface area contributed by atoms with Crippen molar-refractivity contribution in [2.75, 3.05) is 0 Å². The van der Waals surface area contributed by atoms with Gasteiger partial charge in [0.2, 0.25) is 0 Å². The Kier molecular flexibility index (Phi) is 4.86. The molecule has 1 aliphatic carbocycles. The molecule has 0 bridgehead atoms. The van der Waals surface area contributed by atoms with Crippen molar-refractivity contribution < 1.29 is 9.90 Å². The molecule has 1 N–H and O–H groups in total. The van der Waals surface area contributed by atoms with Crippen LogP contribution in [0.15, 0.2) is 0 Å². The molecular formula is C15H23ClN2O2. The number of carbonyl (C=O) groups is 1. The van der Waals surface area contributed by atoms with Crippen LogP contribution in [0, 0.1) is 0 Å². The average Bonchev–Trinajstić information content (AvgIpc) is 2.60. The van der Waals surface area contributed by atoms with Crippen LogP contribution in [-0.4, -0.2) is 26.3 Å². The van der Waals surface area contributed by atoms with E-state index in [1.807, 2.05) is 6.92 Å². The van der Waals surface area contributed by atoms with E-state index in [9.17, 15) is 9.90 Å². The first kappa shape index (κ1) is 15.5. The molecule has 0 aromatic carbocycles. The van der Waals surface area contributed by atoms with Crippen LogP contribution in [0.4, 0.5) is 0 Å². The summed E-state index contributed by atoms with van der Waals surface area (Å²) in [5, 5.41) is 15.5. The fourth-order valence-electron chi connectivity index (χ4n) is 2.92. The van der Waals surface area contributed by atoms with E-state index in [1.165, 1.54) is 0 Å². The number of hydrogen-bond acceptors (Lipinski definition) is 3. The fraction of sp³-hybridized carbons (Fsp3) is 0.733. The standard InChI is InChI=1S/C15H23ClN2O2/c1-3-11-14(16)12(18(2)17-11)10-13(19)15(20)8-6-4-5-7-9-15/h20H,3-10H2,1-2H3. The minimum atomic E-state index is -1.17. The second-order valence-corrected chi connectivity index (χ2v) is 6.11. The molecule has 0 saturated heterocycles. The van der Waals surface area contributed by atoms with Gasteiger partial charge in [-0.2, -0.15) is 5.10 Å². The van der Waals surface area contributed by atoms with Gasteiger partial charge in [-0.3, -0.25) is 9.48 Å². The minimum absolute atomic E-state index is 0.119. The summed E-state index contributed by atoms with van der Waals surface area (Å²) >= 11 is 6.27. The van der Waals surface area contributed by atoms with E-state index in [1.54, 1.807) is 11.7 Å². The normalized spacial score (nSPS) is 18.8. The second-order valence-electron chi connectivity index (χ2n) is 5.73. The molecule has 20 heavy (non-hydrogen) atoms. The zero-order valence-electron chi connectivity index (χ0n) is 12.3. The molecule has 2 rings (SSSR count). The molecule has 0 atom stereocenters. The zero-order valence-corrected chi connectivity index (χ0v) is 13.0. The molecule has 1 heterocycles. The van der Waals surface area contributed by atoms with E-state index in [-0.39, 0.29) is 12.2 Å². The topological polar surface area (TPSA) is 55.1 Å². The molecule has 1 aromatic rings. The van der Waals surface area contributed by atoms with E-state index in [4.69, 9.17) is 11.6 Å². The summed E-state index contributed by atoms with van der Waals surface area (Å²) in [6.45, 7) is 1.98. The van der Waals surface area contributed by atoms with Crippen LogP contribution in [0.5, 0.6) is 0 Å². The Morgan fingerprint density at radius 3 is 2.45 bits per heavy atom. The van der Waals surface area contributed by atoms with Crippen molar-refractivity contribution in [2.24, 2.45) is 7.05 Å². The van der Waals surface area contributed by atoms with E-state index >= 15 is 0 Å². The Labute approximate surface area is 125 Å². The van der Waals surface area contributed by atoms with Crippen molar-refractivity contribution in [1.82, 2.24) is 9.78 Å². The van der Waals surface area contributed by atoms with Crippen molar-refractivity contribution in [2.45, 2.75) is 63.9 Å². The number of aryl methyl sites for hydroxylation is 2. The molecule has 1 fully saturated rings. The van der Waals surface area contributed by atoms with Crippen LogP contribution >= 0.6 is 11.6 Å². The summed E-state index contributed by atoms with van der Waals surface area (Å²) in [6.07, 6.45) is 6.08. The van der Waals surface area contributed by atoms with Gasteiger partial charge in [0.1, 0.15) is 5.60 Å². The zero-order chi connectivity index (χ0) is 14.8. The lowest BCUT2D eigenvalue weighted by molar-refractivity contribution is -0.138. The molecule has 4 nitrogen and oxygen atoms in total. The van der Waals surface area contributed by atoms with Gasteiger partial charge in [0.05, 0.1) is 22.8 Å². The number of carbonyl (C=O) groups excluding carboxylic acids is 1. The molecule has 5 heteroatoms. The number of ketones is 1. The molecule has 0 radical (unpaired) electrons. The summed E-state index contributed by atoms with van der Waals surface area (Å²) < 4.78 is 1.67. The van der Waals surface area contributed by atoms with Crippen LogP contribution in [-0.2, 0) is 24.7 Å². The maximum atomic E-state index is 12.5. The lowest BCUT2D eigenvalue weighted by atomic mass is 9.87. The summed E-state index contributed by atoms with van der Waals surface area (Å²) in [6, 6.07) is 0. The highest BCUT2D eigenvalue weighted by molar-refractivity contribution is 6.32. The SMILES string of the molecule is CCc1nn(C)c(CC(=O)C2(O)CCCCCC2)c1Cl. The van der Waals surface area contributed by atoms with E-state index in [2.05, 4.69) is 5.10 Å². The Morgan fingerprint density at radius 2 is 1.95 bits per heavy atom. The van der Waals surface area contributed by atoms with Gasteiger partial charge in [-0.1, -0.05) is 44.2 Å². The molecule has 0 aliphatic heterocycles. The predicted octanol–water partition coefficient (Wildman–Crippen LogP) is 2.83. The van der Waals surface area contributed by atoms with Crippen molar-refractivity contribution >= 4 is 17.4 Å². The van der Waals surface area contributed by atoms with Gasteiger partial charge < -0.3 is 5.11 Å². The summed E-state index contributed by atoms with van der Waals surface area (Å²) in [7, 11) is 1.80. The molecule has 1 aromatic heterocycles. The van der Waals surface area contributed by atoms with E-state index < -0.39 is 5.60 Å². The minimum Gasteiger partial charge on any atom is -0.382 e. The van der Waals surface area contributed by atoms with Gasteiger partial charge in [-0.15, -0.1) is 0 Å². The third-order valence-electron chi connectivity index (χ3n) is 4.28. The molecule has 0 unspecified atom stereocenters. The molecule has 112 valence electrons. The smallest absolute Gasteiger partial charge is 0.170 e. The number of rotatable bonds is 4. The highest BCUT2D eigenvalue weighted by Crippen LogP contribution is 2.30. The maximum absolute atomic E-state index is 12.5. The van der Waals surface area contributed by atoms with Gasteiger partial charge in [-0.25, -0.2) is 0 Å². The van der Waals surface area contributed by atoms with E-state index in [0.29, 0.717) is 23.6 Å². The third-order valence-corrected chi connectivity index (χ3v) is 4.72. The lowest BCUT2D eigenvalue weighted by Gasteiger charge is -2.24. The van der Waals surface area contributed by atoms with Gasteiger partial charge in [0.15, 0.2) is 5.78 Å². The summed E-state index contributed by atoms with van der Waals surface area (Å²) in [5.41, 5.74) is 0.354. The number of aromatic nitrogens is 2. The highest BCUT2D eigenvalue weighted by atomic mass is 35.5. The molecule has 0 amide bonds. The van der Waals surface area contributed by atoms with E-state index in [0.717, 1.165) is 37.8 Å². The maximum Gasteiger partial charge on any atom is 0.170 e. The second kappa shape index (κ2) is 6.27. The van der Waals surface area contributed by atoms with Crippen LogP contribution < -0.4 is 0 Å². The molecule has 1 saturated carbocycles. The van der Waals surface area contributed by atoms with Crippen LogP contribution in [0.1, 0.15) is 56.8 Å². The quantitative estimate of drug-likeness (QED) is 0.870. The Bertz CT molecular complexity index is 488. The fourth-order valence-corrected chi connectivity index (χ4v) is 3.28. The predicted molar refractivity (Wildman–Crippen MR) is 79.0 cm³/mol. The first-order valence-corrected chi connectivity index (χ1v) is 7.81. The van der Waals surface area contributed by atoms with Crippen LogP contribution in [0.3, 0.4) is 0 Å². The van der Waals surface area contributed by atoms with Crippen molar-refractivity contribution in [3.8, 4) is 0 Å². The monoisotopic (exact) mass is 298 g/mol. The average molecular weight is 299 g/mol. The number of hydrogen-bond donors (Lipinski definition) is 1. The molecular weight excluding hydrogens is 276 g/mol. The third kappa shape index (κ3) is 3.07. The first-order chi connectivity index (χ1) is 9.48. The first-order valence-electron chi connectivity index (χ1n) is 7.44. The molecule has 0 spiro atoms. The Hall–Kier alpha value is -0.870. The molecule has 1 aliphatic rings. The Balaban J connectivity index is 2.16. The highest BCUT2D eigenvalue weighted by Gasteiger charge is 2.36. The van der Waals surface area contributed by atoms with Gasteiger partial charge in [0, 0.05) is 7.05 Å². The largest absolute Gasteiger partial charge is 0.382 e. The van der Waals surface area contributed by atoms with Crippen molar-refractivity contribution in [1.29, 1.82) is 0 Å². The number of nitrogens with zero attached hydrogens (tertiary/aromatic N) is 2.